The second kappa shape index (κ2) is 9.17. The monoisotopic (exact) mass is 400 g/mol. The molecule has 1 saturated heterocycles. The summed E-state index contributed by atoms with van der Waals surface area (Å²) in [6.45, 7) is 5.38. The molecule has 1 aliphatic heterocycles. The second-order valence-electron chi connectivity index (χ2n) is 7.11. The summed E-state index contributed by atoms with van der Waals surface area (Å²) in [4.78, 5) is 29.8. The molecule has 0 unspecified atom stereocenters. The van der Waals surface area contributed by atoms with Crippen molar-refractivity contribution in [2.24, 2.45) is 0 Å². The zero-order valence-electron chi connectivity index (χ0n) is 16.9. The van der Waals surface area contributed by atoms with E-state index in [0.29, 0.717) is 11.6 Å². The molecule has 1 aliphatic rings. The summed E-state index contributed by atoms with van der Waals surface area (Å²) in [5.41, 5.74) is 2.71. The van der Waals surface area contributed by atoms with E-state index in [-0.39, 0.29) is 5.91 Å². The van der Waals surface area contributed by atoms with Crippen molar-refractivity contribution in [1.82, 2.24) is 15.0 Å². The van der Waals surface area contributed by atoms with E-state index < -0.39 is 0 Å². The van der Waals surface area contributed by atoms with E-state index in [1.165, 1.54) is 6.08 Å². The van der Waals surface area contributed by atoms with Gasteiger partial charge in [0.25, 0.3) is 0 Å². The van der Waals surface area contributed by atoms with Gasteiger partial charge in [-0.15, -0.1) is 0 Å². The number of nitrogens with zero attached hydrogens (tertiary/aromatic N) is 5. The molecule has 0 radical (unpaired) electrons. The number of amides is 1. The molecule has 0 atom stereocenters. The van der Waals surface area contributed by atoms with Gasteiger partial charge in [0.05, 0.1) is 18.1 Å². The summed E-state index contributed by atoms with van der Waals surface area (Å²) in [5, 5.41) is 2.80. The van der Waals surface area contributed by atoms with Crippen molar-refractivity contribution in [3.05, 3.63) is 78.3 Å². The Hall–Kier alpha value is -3.74. The molecule has 30 heavy (non-hydrogen) atoms. The van der Waals surface area contributed by atoms with E-state index in [1.807, 2.05) is 55.6 Å². The fraction of sp³-hybridized carbons (Fsp3) is 0.217. The molecule has 3 heterocycles. The van der Waals surface area contributed by atoms with Crippen molar-refractivity contribution in [1.29, 1.82) is 0 Å². The number of aryl methyl sites for hydroxylation is 1. The zero-order valence-corrected chi connectivity index (χ0v) is 16.9. The number of anilines is 3. The maximum atomic E-state index is 12.2. The maximum absolute atomic E-state index is 12.2. The lowest BCUT2D eigenvalue weighted by Crippen LogP contribution is -2.47. The summed E-state index contributed by atoms with van der Waals surface area (Å²) >= 11 is 0. The topological polar surface area (TPSA) is 74.2 Å². The SMILES string of the molecule is Cc1ccccc1/C=C/C(=O)Nc1cnc(N2CCN(c3ccccn3)CC2)nc1. The lowest BCUT2D eigenvalue weighted by Gasteiger charge is -2.35. The van der Waals surface area contributed by atoms with Gasteiger partial charge in [-0.05, 0) is 36.3 Å². The Morgan fingerprint density at radius 2 is 1.63 bits per heavy atom. The summed E-state index contributed by atoms with van der Waals surface area (Å²) in [6, 6.07) is 13.9. The minimum absolute atomic E-state index is 0.210. The highest BCUT2D eigenvalue weighted by atomic mass is 16.1. The van der Waals surface area contributed by atoms with Gasteiger partial charge in [-0.25, -0.2) is 15.0 Å². The molecular formula is C23H24N6O. The Balaban J connectivity index is 1.31. The number of pyridine rings is 1. The van der Waals surface area contributed by atoms with Gasteiger partial charge in [0, 0.05) is 38.5 Å². The van der Waals surface area contributed by atoms with Crippen molar-refractivity contribution in [2.75, 3.05) is 41.3 Å². The summed E-state index contributed by atoms with van der Waals surface area (Å²) in [5.74, 6) is 1.46. The average Bonchev–Trinajstić information content (AvgIpc) is 2.80. The molecule has 3 aromatic rings. The van der Waals surface area contributed by atoms with Crippen LogP contribution in [0.3, 0.4) is 0 Å². The first-order chi connectivity index (χ1) is 14.7. The van der Waals surface area contributed by atoms with Gasteiger partial charge in [0.15, 0.2) is 0 Å². The number of piperazine rings is 1. The fourth-order valence-corrected chi connectivity index (χ4v) is 3.35. The van der Waals surface area contributed by atoms with Gasteiger partial charge < -0.3 is 15.1 Å². The highest BCUT2D eigenvalue weighted by Gasteiger charge is 2.19. The highest BCUT2D eigenvalue weighted by molar-refractivity contribution is 6.01. The predicted octanol–water partition coefficient (Wildman–Crippen LogP) is 3.16. The molecule has 1 fully saturated rings. The van der Waals surface area contributed by atoms with E-state index in [4.69, 9.17) is 0 Å². The molecule has 7 heteroatoms. The molecule has 0 saturated carbocycles. The fourth-order valence-electron chi connectivity index (χ4n) is 3.35. The van der Waals surface area contributed by atoms with Gasteiger partial charge in [0.2, 0.25) is 11.9 Å². The second-order valence-corrected chi connectivity index (χ2v) is 7.11. The molecule has 0 spiro atoms. The van der Waals surface area contributed by atoms with Crippen LogP contribution < -0.4 is 15.1 Å². The first-order valence-electron chi connectivity index (χ1n) is 9.97. The minimum Gasteiger partial charge on any atom is -0.353 e. The van der Waals surface area contributed by atoms with Crippen molar-refractivity contribution >= 4 is 29.4 Å². The van der Waals surface area contributed by atoms with Crippen LogP contribution in [0.5, 0.6) is 0 Å². The Labute approximate surface area is 176 Å². The molecular weight excluding hydrogens is 376 g/mol. The largest absolute Gasteiger partial charge is 0.353 e. The number of rotatable bonds is 5. The third-order valence-electron chi connectivity index (χ3n) is 5.04. The molecule has 1 amide bonds. The maximum Gasteiger partial charge on any atom is 0.248 e. The number of carbonyl (C=O) groups excluding carboxylic acids is 1. The first-order valence-corrected chi connectivity index (χ1v) is 9.97. The van der Waals surface area contributed by atoms with Gasteiger partial charge in [0.1, 0.15) is 5.82 Å². The number of hydrogen-bond acceptors (Lipinski definition) is 6. The quantitative estimate of drug-likeness (QED) is 0.663. The van der Waals surface area contributed by atoms with Gasteiger partial charge in [-0.1, -0.05) is 30.3 Å². The Morgan fingerprint density at radius 3 is 2.33 bits per heavy atom. The van der Waals surface area contributed by atoms with Crippen molar-refractivity contribution in [2.45, 2.75) is 6.92 Å². The van der Waals surface area contributed by atoms with E-state index >= 15 is 0 Å². The predicted molar refractivity (Wildman–Crippen MR) is 120 cm³/mol. The summed E-state index contributed by atoms with van der Waals surface area (Å²) in [6.07, 6.45) is 8.43. The smallest absolute Gasteiger partial charge is 0.248 e. The van der Waals surface area contributed by atoms with E-state index in [2.05, 4.69) is 30.1 Å². The van der Waals surface area contributed by atoms with Gasteiger partial charge in [-0.2, -0.15) is 0 Å². The Morgan fingerprint density at radius 1 is 0.933 bits per heavy atom. The lowest BCUT2D eigenvalue weighted by atomic mass is 10.1. The van der Waals surface area contributed by atoms with E-state index in [0.717, 1.165) is 43.1 Å². The van der Waals surface area contributed by atoms with Crippen molar-refractivity contribution < 1.29 is 4.79 Å². The number of benzene rings is 1. The van der Waals surface area contributed by atoms with Gasteiger partial charge in [-0.3, -0.25) is 4.79 Å². The van der Waals surface area contributed by atoms with Crippen LogP contribution >= 0.6 is 0 Å². The molecule has 1 N–H and O–H groups in total. The van der Waals surface area contributed by atoms with Crippen molar-refractivity contribution in [3.8, 4) is 0 Å². The van der Waals surface area contributed by atoms with E-state index in [9.17, 15) is 4.79 Å². The molecule has 0 bridgehead atoms. The molecule has 2 aromatic heterocycles. The molecule has 152 valence electrons. The normalized spacial score (nSPS) is 14.2. The van der Waals surface area contributed by atoms with Crippen LogP contribution in [0.1, 0.15) is 11.1 Å². The number of hydrogen-bond donors (Lipinski definition) is 1. The highest BCUT2D eigenvalue weighted by Crippen LogP contribution is 2.17. The van der Waals surface area contributed by atoms with E-state index in [1.54, 1.807) is 18.5 Å². The lowest BCUT2D eigenvalue weighted by molar-refractivity contribution is -0.111. The number of nitrogens with one attached hydrogen (secondary N) is 1. The van der Waals surface area contributed by atoms with Crippen LogP contribution in [0.2, 0.25) is 0 Å². The van der Waals surface area contributed by atoms with Crippen LogP contribution in [-0.4, -0.2) is 47.0 Å². The minimum atomic E-state index is -0.210. The van der Waals surface area contributed by atoms with Crippen LogP contribution in [0.15, 0.2) is 67.1 Å². The Kier molecular flexibility index (Phi) is 5.98. The zero-order chi connectivity index (χ0) is 20.8. The molecule has 1 aromatic carbocycles. The third-order valence-corrected chi connectivity index (χ3v) is 5.04. The molecule has 4 rings (SSSR count). The van der Waals surface area contributed by atoms with Crippen LogP contribution in [0, 0.1) is 6.92 Å². The third kappa shape index (κ3) is 4.81. The first kappa shape index (κ1) is 19.6. The van der Waals surface area contributed by atoms with Crippen molar-refractivity contribution in [3.63, 3.8) is 0 Å². The average molecular weight is 400 g/mol. The van der Waals surface area contributed by atoms with Crippen LogP contribution in [0.25, 0.3) is 6.08 Å². The van der Waals surface area contributed by atoms with Crippen LogP contribution in [-0.2, 0) is 4.79 Å². The standard InChI is InChI=1S/C23H24N6O/c1-18-6-2-3-7-19(18)9-10-22(30)27-20-16-25-23(26-17-20)29-14-12-28(13-15-29)21-8-4-5-11-24-21/h2-11,16-17H,12-15H2,1H3,(H,27,30)/b10-9+. The number of aromatic nitrogens is 3. The van der Waals surface area contributed by atoms with Crippen LogP contribution in [0.4, 0.5) is 17.5 Å². The van der Waals surface area contributed by atoms with Gasteiger partial charge >= 0.3 is 0 Å². The summed E-state index contributed by atoms with van der Waals surface area (Å²) < 4.78 is 0. The Bertz CT molecular complexity index is 1010. The number of carbonyl (C=O) groups is 1. The summed E-state index contributed by atoms with van der Waals surface area (Å²) in [7, 11) is 0. The molecule has 0 aliphatic carbocycles. The molecule has 7 nitrogen and oxygen atoms in total.